The molecule has 0 radical (unpaired) electrons. The summed E-state index contributed by atoms with van der Waals surface area (Å²) >= 11 is 0. The Hall–Kier alpha value is -3.10. The first-order valence-electron chi connectivity index (χ1n) is 19.6. The molecule has 0 aromatic heterocycles. The minimum Gasteiger partial charge on any atom is -0.481 e. The van der Waals surface area contributed by atoms with E-state index in [9.17, 15) is 34.5 Å². The maximum absolute atomic E-state index is 12.9. The molecular weight excluding hydrogens is 656 g/mol. The van der Waals surface area contributed by atoms with Gasteiger partial charge in [0.2, 0.25) is 5.78 Å². The van der Waals surface area contributed by atoms with Crippen LogP contribution in [0.1, 0.15) is 129 Å². The van der Waals surface area contributed by atoms with E-state index in [0.717, 1.165) is 44.1 Å². The monoisotopic (exact) mass is 716 g/mol. The summed E-state index contributed by atoms with van der Waals surface area (Å²) < 4.78 is 4.89. The number of carbonyl (C=O) groups excluding carboxylic acids is 3. The van der Waals surface area contributed by atoms with Gasteiger partial charge in [0.25, 0.3) is 0 Å². The number of benzene rings is 1. The van der Waals surface area contributed by atoms with Crippen LogP contribution in [0.5, 0.6) is 0 Å². The van der Waals surface area contributed by atoms with E-state index in [0.29, 0.717) is 25.2 Å². The first-order valence-corrected chi connectivity index (χ1v) is 19.6. The van der Waals surface area contributed by atoms with Crippen LogP contribution in [-0.4, -0.2) is 57.1 Å². The highest BCUT2D eigenvalue weighted by Gasteiger charge is 2.68. The lowest BCUT2D eigenvalue weighted by atomic mass is 9.45. The lowest BCUT2D eigenvalue weighted by molar-refractivity contribution is -0.182. The maximum atomic E-state index is 12.9. The Morgan fingerprint density at radius 3 is 2.40 bits per heavy atom. The lowest BCUT2D eigenvalue weighted by Gasteiger charge is -2.60. The van der Waals surface area contributed by atoms with Gasteiger partial charge < -0.3 is 20.1 Å². The van der Waals surface area contributed by atoms with E-state index in [1.54, 1.807) is 12.2 Å². The van der Waals surface area contributed by atoms with E-state index < -0.39 is 52.3 Å². The molecule has 8 nitrogen and oxygen atoms in total. The van der Waals surface area contributed by atoms with Crippen LogP contribution in [0.2, 0.25) is 0 Å². The molecule has 0 bridgehead atoms. The molecule has 6 aliphatic rings. The highest BCUT2D eigenvalue weighted by molar-refractivity contribution is 6.01. The third-order valence-electron chi connectivity index (χ3n) is 15.4. The average Bonchev–Trinajstić information content (AvgIpc) is 3.34. The second kappa shape index (κ2) is 13.3. The Labute approximate surface area is 309 Å². The number of allylic oxidation sites excluding steroid dienone is 4. The van der Waals surface area contributed by atoms with E-state index in [4.69, 9.17) is 4.74 Å². The molecule has 0 spiro atoms. The number of fused-ring (bicyclic) bond motifs is 8. The van der Waals surface area contributed by atoms with Gasteiger partial charge in [-0.25, -0.2) is 0 Å². The van der Waals surface area contributed by atoms with Crippen LogP contribution in [0.4, 0.5) is 0 Å². The van der Waals surface area contributed by atoms with E-state index in [1.165, 1.54) is 23.6 Å². The zero-order valence-electron chi connectivity index (χ0n) is 32.5. The number of Topliss-reactive ketones (excluding diaryl/α,β-unsaturated/α-hetero) is 1. The molecule has 0 amide bonds. The molecule has 0 heterocycles. The van der Waals surface area contributed by atoms with Crippen molar-refractivity contribution in [3.05, 3.63) is 58.7 Å². The highest BCUT2D eigenvalue weighted by atomic mass is 16.5. The van der Waals surface area contributed by atoms with Crippen molar-refractivity contribution < 1.29 is 39.2 Å². The molecule has 0 aliphatic heterocycles. The Morgan fingerprint density at radius 1 is 1.04 bits per heavy atom. The zero-order valence-corrected chi connectivity index (χ0v) is 32.5. The number of hydrogen-bond acceptors (Lipinski definition) is 7. The van der Waals surface area contributed by atoms with Crippen molar-refractivity contribution in [2.45, 2.75) is 136 Å². The van der Waals surface area contributed by atoms with Crippen LogP contribution in [0.25, 0.3) is 0 Å². The SMILES string of the molecule is CC(=O)OCC(=O)[C@@]1(O)CC[C@H]2[C@@H]3C[C@H](C)C4=CC(=O)C=C[C@]4(C)[C@H]3[C@@H](O)C[C@@]21C.CC(C)c1ccc2c(c1)CC[C@H]1[C@](C)(C(=O)O)CCC[C@]21C. The largest absolute Gasteiger partial charge is 0.481 e. The maximum Gasteiger partial charge on any atom is 0.309 e. The van der Waals surface area contributed by atoms with Gasteiger partial charge in [-0.1, -0.05) is 77.8 Å². The summed E-state index contributed by atoms with van der Waals surface area (Å²) in [6.45, 7) is 15.7. The van der Waals surface area contributed by atoms with E-state index in [1.807, 2.05) is 19.9 Å². The minimum absolute atomic E-state index is 0.00535. The predicted octanol–water partition coefficient (Wildman–Crippen LogP) is 7.28. The van der Waals surface area contributed by atoms with E-state index in [-0.39, 0.29) is 40.8 Å². The summed E-state index contributed by atoms with van der Waals surface area (Å²) in [7, 11) is 0. The number of ether oxygens (including phenoxy) is 1. The van der Waals surface area contributed by atoms with Gasteiger partial charge in [-0.15, -0.1) is 0 Å². The van der Waals surface area contributed by atoms with Gasteiger partial charge >= 0.3 is 11.9 Å². The smallest absolute Gasteiger partial charge is 0.309 e. The van der Waals surface area contributed by atoms with Gasteiger partial charge in [0.1, 0.15) is 5.60 Å². The molecule has 1 aromatic carbocycles. The number of carboxylic acids is 1. The number of esters is 1. The number of carbonyl (C=O) groups is 4. The molecule has 4 fully saturated rings. The zero-order chi connectivity index (χ0) is 38.2. The molecule has 0 saturated heterocycles. The van der Waals surface area contributed by atoms with E-state index in [2.05, 4.69) is 52.8 Å². The van der Waals surface area contributed by atoms with Crippen LogP contribution in [0.3, 0.4) is 0 Å². The third kappa shape index (κ3) is 5.86. The normalized spacial score (nSPS) is 41.6. The molecule has 3 N–H and O–H groups in total. The fourth-order valence-corrected chi connectivity index (χ4v) is 12.6. The first-order chi connectivity index (χ1) is 24.2. The quantitative estimate of drug-likeness (QED) is 0.271. The van der Waals surface area contributed by atoms with Gasteiger partial charge in [-0.3, -0.25) is 19.2 Å². The van der Waals surface area contributed by atoms with E-state index >= 15 is 0 Å². The summed E-state index contributed by atoms with van der Waals surface area (Å²) in [6, 6.07) is 6.92. The molecule has 11 atom stereocenters. The van der Waals surface area contributed by atoms with Gasteiger partial charge in [0, 0.05) is 23.7 Å². The minimum atomic E-state index is -1.61. The first kappa shape index (κ1) is 38.6. The molecule has 6 aliphatic carbocycles. The van der Waals surface area contributed by atoms with Crippen molar-refractivity contribution in [3.63, 3.8) is 0 Å². The number of ketones is 2. The Kier molecular flexibility index (Phi) is 9.90. The number of aliphatic hydroxyl groups is 2. The predicted molar refractivity (Wildman–Crippen MR) is 198 cm³/mol. The standard InChI is InChI=1S/C24H32O6.C20H28O2/c1-13-9-16-17-6-8-24(29,20(28)12-30-14(2)25)23(17,4)11-19(27)21(16)22(3)7-5-15(26)10-18(13)22;1-13(2)14-6-8-16-15(12-14)7-9-17-19(16,3)10-5-11-20(17,4)18(21)22/h5,7,10,13,16-17,19,21,27,29H,6,8-9,11-12H2,1-4H3;6,8,12-13,17H,5,7,9-11H2,1-4H3,(H,21,22)/t13-,16-,17-,19-,21+,22-,23-,24-;17-,19-,20-/m01/s1. The van der Waals surface area contributed by atoms with Crippen molar-refractivity contribution in [3.8, 4) is 0 Å². The number of aryl methyl sites for hydroxylation is 1. The van der Waals surface area contributed by atoms with Crippen LogP contribution in [-0.2, 0) is 35.8 Å². The van der Waals surface area contributed by atoms with Crippen molar-refractivity contribution in [1.29, 1.82) is 0 Å². The Balaban J connectivity index is 0.000000187. The second-order valence-corrected chi connectivity index (χ2v) is 18.5. The summed E-state index contributed by atoms with van der Waals surface area (Å²) in [5.41, 5.74) is 2.01. The Bertz CT molecular complexity index is 1710. The van der Waals surface area contributed by atoms with Gasteiger partial charge in [0.05, 0.1) is 11.5 Å². The van der Waals surface area contributed by atoms with Crippen LogP contribution >= 0.6 is 0 Å². The fourth-order valence-electron chi connectivity index (χ4n) is 12.6. The molecule has 8 heteroatoms. The molecule has 1 aromatic rings. The number of carboxylic acid groups (broad SMARTS) is 1. The van der Waals surface area contributed by atoms with Crippen molar-refractivity contribution in [1.82, 2.24) is 0 Å². The number of aliphatic carboxylic acids is 1. The number of hydrogen-bond donors (Lipinski definition) is 3. The molecule has 52 heavy (non-hydrogen) atoms. The van der Waals surface area contributed by atoms with Crippen molar-refractivity contribution in [2.24, 2.45) is 45.8 Å². The summed E-state index contributed by atoms with van der Waals surface area (Å²) in [4.78, 5) is 48.0. The topological polar surface area (TPSA) is 138 Å². The van der Waals surface area contributed by atoms with Gasteiger partial charge in [-0.05, 0) is 122 Å². The second-order valence-electron chi connectivity index (χ2n) is 18.5. The molecule has 4 saturated carbocycles. The van der Waals surface area contributed by atoms with Crippen LogP contribution < -0.4 is 0 Å². The van der Waals surface area contributed by atoms with Gasteiger partial charge in [-0.2, -0.15) is 0 Å². The summed E-state index contributed by atoms with van der Waals surface area (Å²) in [5.74, 6) is -0.517. The molecule has 284 valence electrons. The Morgan fingerprint density at radius 2 is 1.75 bits per heavy atom. The fraction of sp³-hybridized carbons (Fsp3) is 0.682. The lowest BCUT2D eigenvalue weighted by Crippen LogP contribution is -2.62. The summed E-state index contributed by atoms with van der Waals surface area (Å²) in [5, 5.41) is 32.7. The van der Waals surface area contributed by atoms with Crippen LogP contribution in [0.15, 0.2) is 42.0 Å². The summed E-state index contributed by atoms with van der Waals surface area (Å²) in [6.07, 6.45) is 11.7. The third-order valence-corrected chi connectivity index (χ3v) is 15.4. The highest BCUT2D eigenvalue weighted by Crippen LogP contribution is 2.68. The van der Waals surface area contributed by atoms with Crippen LogP contribution in [0, 0.1) is 45.8 Å². The molecular formula is C44H60O8. The van der Waals surface area contributed by atoms with Crippen molar-refractivity contribution >= 4 is 23.5 Å². The molecule has 7 rings (SSSR count). The molecule has 0 unspecified atom stereocenters. The van der Waals surface area contributed by atoms with Gasteiger partial charge in [0.15, 0.2) is 12.4 Å². The van der Waals surface area contributed by atoms with Crippen molar-refractivity contribution in [2.75, 3.05) is 6.61 Å². The number of rotatable bonds is 5. The number of aliphatic hydroxyl groups excluding tert-OH is 1. The average molecular weight is 717 g/mol.